The smallest absolute Gasteiger partial charge is 0.245 e. The number of nitrogens with one attached hydrogen (secondary N) is 3. The second-order valence-corrected chi connectivity index (χ2v) is 10.9. The Morgan fingerprint density at radius 3 is 2.50 bits per heavy atom. The SMILES string of the molecule is CN(C)S(=O)(=O)c1cccc(-c2cc(CCC(=O)N[C@@H]3C(=O)NC[C@H]3O)c(-c3ccc(F)cc3)[nH]2)c1. The van der Waals surface area contributed by atoms with E-state index >= 15 is 0 Å². The summed E-state index contributed by atoms with van der Waals surface area (Å²) in [7, 11) is -0.720. The minimum absolute atomic E-state index is 0.0387. The normalized spacial score (nSPS) is 17.9. The third-order valence-electron chi connectivity index (χ3n) is 6.05. The highest BCUT2D eigenvalue weighted by Gasteiger charge is 2.34. The number of halogens is 1. The molecular weight excluding hydrogens is 487 g/mol. The van der Waals surface area contributed by atoms with Crippen molar-refractivity contribution >= 4 is 21.8 Å². The van der Waals surface area contributed by atoms with Crippen molar-refractivity contribution in [3.63, 3.8) is 0 Å². The van der Waals surface area contributed by atoms with Gasteiger partial charge >= 0.3 is 0 Å². The standard InChI is InChI=1S/C25H27FN4O5S/c1-30(2)36(34,35)19-5-3-4-16(12-19)20-13-17(23(28-20)15-6-9-18(26)10-7-15)8-11-22(32)29-24-21(31)14-27-25(24)33/h3-7,9-10,12-13,21,24,28,31H,8,11,14H2,1-2H3,(H,27,33)(H,29,32)/t21-,24+/m1/s1. The molecule has 2 atom stereocenters. The van der Waals surface area contributed by atoms with Gasteiger partial charge in [-0.25, -0.2) is 17.1 Å². The predicted octanol–water partition coefficient (Wildman–Crippen LogP) is 1.65. The van der Waals surface area contributed by atoms with Gasteiger partial charge < -0.3 is 20.7 Å². The van der Waals surface area contributed by atoms with Gasteiger partial charge in [-0.1, -0.05) is 12.1 Å². The van der Waals surface area contributed by atoms with Gasteiger partial charge in [-0.2, -0.15) is 0 Å². The molecule has 1 aromatic heterocycles. The fourth-order valence-corrected chi connectivity index (χ4v) is 4.97. The van der Waals surface area contributed by atoms with Gasteiger partial charge in [0.05, 0.1) is 4.90 Å². The molecule has 4 N–H and O–H groups in total. The molecule has 0 radical (unpaired) electrons. The number of aliphatic hydroxyl groups is 1. The molecule has 1 saturated heterocycles. The van der Waals surface area contributed by atoms with E-state index in [0.29, 0.717) is 22.5 Å². The third-order valence-corrected chi connectivity index (χ3v) is 7.86. The van der Waals surface area contributed by atoms with Gasteiger partial charge in [0.2, 0.25) is 21.8 Å². The molecule has 190 valence electrons. The Bertz CT molecular complexity index is 1390. The molecule has 36 heavy (non-hydrogen) atoms. The molecule has 2 heterocycles. The van der Waals surface area contributed by atoms with Crippen LogP contribution in [-0.2, 0) is 26.0 Å². The maximum atomic E-state index is 13.5. The molecule has 2 amide bonds. The molecule has 9 nitrogen and oxygen atoms in total. The minimum atomic E-state index is -3.64. The van der Waals surface area contributed by atoms with E-state index in [4.69, 9.17) is 0 Å². The van der Waals surface area contributed by atoms with Crippen LogP contribution in [-0.4, -0.2) is 67.4 Å². The molecule has 1 fully saturated rings. The van der Waals surface area contributed by atoms with Gasteiger partial charge in [-0.05, 0) is 65.6 Å². The largest absolute Gasteiger partial charge is 0.389 e. The van der Waals surface area contributed by atoms with E-state index in [1.54, 1.807) is 30.3 Å². The van der Waals surface area contributed by atoms with Crippen LogP contribution in [0.5, 0.6) is 0 Å². The van der Waals surface area contributed by atoms with Crippen LogP contribution in [0.4, 0.5) is 4.39 Å². The second kappa shape index (κ2) is 10.2. The summed E-state index contributed by atoms with van der Waals surface area (Å²) >= 11 is 0. The van der Waals surface area contributed by atoms with Crippen molar-refractivity contribution < 1.29 is 27.5 Å². The Labute approximate surface area is 208 Å². The number of amides is 2. The number of carbonyl (C=O) groups is 2. The van der Waals surface area contributed by atoms with Crippen molar-refractivity contribution in [1.29, 1.82) is 0 Å². The van der Waals surface area contributed by atoms with E-state index in [1.807, 2.05) is 6.07 Å². The summed E-state index contributed by atoms with van der Waals surface area (Å²) in [6, 6.07) is 13.2. The molecule has 0 unspecified atom stereocenters. The quantitative estimate of drug-likeness (QED) is 0.363. The summed E-state index contributed by atoms with van der Waals surface area (Å²) in [6.45, 7) is 0.0856. The third kappa shape index (κ3) is 5.32. The number of hydrogen-bond acceptors (Lipinski definition) is 5. The fourth-order valence-electron chi connectivity index (χ4n) is 4.02. The number of aromatic amines is 1. The van der Waals surface area contributed by atoms with E-state index in [1.165, 1.54) is 32.3 Å². The van der Waals surface area contributed by atoms with Crippen molar-refractivity contribution in [1.82, 2.24) is 19.9 Å². The van der Waals surface area contributed by atoms with E-state index < -0.39 is 34.0 Å². The highest BCUT2D eigenvalue weighted by Crippen LogP contribution is 2.31. The van der Waals surface area contributed by atoms with Crippen molar-refractivity contribution in [3.8, 4) is 22.5 Å². The zero-order valence-corrected chi connectivity index (χ0v) is 20.6. The van der Waals surface area contributed by atoms with Crippen LogP contribution in [0, 0.1) is 5.82 Å². The molecular formula is C25H27FN4O5S. The number of H-pyrrole nitrogens is 1. The number of benzene rings is 2. The van der Waals surface area contributed by atoms with Crippen LogP contribution in [0.3, 0.4) is 0 Å². The monoisotopic (exact) mass is 514 g/mol. The number of carbonyl (C=O) groups excluding carboxylic acids is 2. The van der Waals surface area contributed by atoms with Crippen LogP contribution < -0.4 is 10.6 Å². The van der Waals surface area contributed by atoms with E-state index in [2.05, 4.69) is 15.6 Å². The molecule has 0 saturated carbocycles. The van der Waals surface area contributed by atoms with Gasteiger partial charge in [0.1, 0.15) is 18.0 Å². The van der Waals surface area contributed by atoms with E-state index in [0.717, 1.165) is 9.87 Å². The lowest BCUT2D eigenvalue weighted by molar-refractivity contribution is -0.128. The zero-order valence-electron chi connectivity index (χ0n) is 19.8. The number of β-amino-alcohol motifs (C(OH)–C–C–N with tert-alkyl or cyclic N) is 1. The number of aryl methyl sites for hydroxylation is 1. The Hall–Kier alpha value is -3.54. The highest BCUT2D eigenvalue weighted by atomic mass is 32.2. The maximum absolute atomic E-state index is 13.5. The Kier molecular flexibility index (Phi) is 7.25. The summed E-state index contributed by atoms with van der Waals surface area (Å²) in [5.41, 5.74) is 3.37. The number of rotatable bonds is 8. The molecule has 2 aromatic carbocycles. The highest BCUT2D eigenvalue weighted by molar-refractivity contribution is 7.89. The van der Waals surface area contributed by atoms with Crippen molar-refractivity contribution in [2.24, 2.45) is 0 Å². The minimum Gasteiger partial charge on any atom is -0.389 e. The fraction of sp³-hybridized carbons (Fsp3) is 0.280. The van der Waals surface area contributed by atoms with Gasteiger partial charge in [0.15, 0.2) is 0 Å². The van der Waals surface area contributed by atoms with Crippen LogP contribution in [0.25, 0.3) is 22.5 Å². The van der Waals surface area contributed by atoms with Crippen LogP contribution in [0.1, 0.15) is 12.0 Å². The van der Waals surface area contributed by atoms with Crippen molar-refractivity contribution in [2.75, 3.05) is 20.6 Å². The lowest BCUT2D eigenvalue weighted by Crippen LogP contribution is -2.45. The summed E-state index contributed by atoms with van der Waals surface area (Å²) in [4.78, 5) is 27.7. The summed E-state index contributed by atoms with van der Waals surface area (Å²) < 4.78 is 39.9. The first-order chi connectivity index (χ1) is 17.1. The Morgan fingerprint density at radius 1 is 1.14 bits per heavy atom. The average molecular weight is 515 g/mol. The molecule has 4 rings (SSSR count). The molecule has 0 spiro atoms. The summed E-state index contributed by atoms with van der Waals surface area (Å²) in [5, 5.41) is 14.9. The Morgan fingerprint density at radius 2 is 1.86 bits per heavy atom. The zero-order chi connectivity index (χ0) is 26.0. The van der Waals surface area contributed by atoms with Crippen molar-refractivity contribution in [2.45, 2.75) is 29.9 Å². The number of nitrogens with zero attached hydrogens (tertiary/aromatic N) is 1. The van der Waals surface area contributed by atoms with Crippen LogP contribution >= 0.6 is 0 Å². The number of aromatic nitrogens is 1. The molecule has 0 aliphatic carbocycles. The van der Waals surface area contributed by atoms with Gasteiger partial charge in [-0.15, -0.1) is 0 Å². The van der Waals surface area contributed by atoms with Gasteiger partial charge in [0, 0.05) is 38.4 Å². The second-order valence-electron chi connectivity index (χ2n) is 8.76. The van der Waals surface area contributed by atoms with Crippen LogP contribution in [0.2, 0.25) is 0 Å². The van der Waals surface area contributed by atoms with Crippen LogP contribution in [0.15, 0.2) is 59.5 Å². The average Bonchev–Trinajstić information content (AvgIpc) is 3.42. The van der Waals surface area contributed by atoms with E-state index in [9.17, 15) is 27.5 Å². The summed E-state index contributed by atoms with van der Waals surface area (Å²) in [5.74, 6) is -1.22. The topological polar surface area (TPSA) is 132 Å². The molecule has 3 aromatic rings. The molecule has 11 heteroatoms. The molecule has 1 aliphatic heterocycles. The lowest BCUT2D eigenvalue weighted by atomic mass is 10.0. The number of sulfonamides is 1. The molecule has 1 aliphatic rings. The Balaban J connectivity index is 1.63. The van der Waals surface area contributed by atoms with Gasteiger partial charge in [0.25, 0.3) is 0 Å². The maximum Gasteiger partial charge on any atom is 0.245 e. The first kappa shape index (κ1) is 25.5. The lowest BCUT2D eigenvalue weighted by Gasteiger charge is -2.13. The summed E-state index contributed by atoms with van der Waals surface area (Å²) in [6.07, 6.45) is -0.660. The first-order valence-corrected chi connectivity index (χ1v) is 12.8. The van der Waals surface area contributed by atoms with Gasteiger partial charge in [-0.3, -0.25) is 9.59 Å². The number of aliphatic hydroxyl groups excluding tert-OH is 1. The predicted molar refractivity (Wildman–Crippen MR) is 132 cm³/mol. The first-order valence-electron chi connectivity index (χ1n) is 11.3. The van der Waals surface area contributed by atoms with Crippen molar-refractivity contribution in [3.05, 3.63) is 66.0 Å². The number of hydrogen-bond donors (Lipinski definition) is 4. The van der Waals surface area contributed by atoms with E-state index in [-0.39, 0.29) is 30.1 Å². The molecule has 0 bridgehead atoms.